The van der Waals surface area contributed by atoms with Crippen LogP contribution in [0, 0.1) is 11.3 Å². The molecule has 0 aliphatic rings. The Morgan fingerprint density at radius 1 is 1.06 bits per heavy atom. The van der Waals surface area contributed by atoms with E-state index in [1.165, 1.54) is 4.90 Å². The third-order valence-corrected chi connectivity index (χ3v) is 5.46. The Hall–Kier alpha value is -4.68. The van der Waals surface area contributed by atoms with Gasteiger partial charge < -0.3 is 19.9 Å². The summed E-state index contributed by atoms with van der Waals surface area (Å²) in [6, 6.07) is 22.4. The van der Waals surface area contributed by atoms with Gasteiger partial charge in [-0.25, -0.2) is 9.78 Å². The second-order valence-corrected chi connectivity index (χ2v) is 9.01. The zero-order valence-electron chi connectivity index (χ0n) is 20.2. The van der Waals surface area contributed by atoms with E-state index in [4.69, 9.17) is 5.26 Å². The van der Waals surface area contributed by atoms with Crippen molar-refractivity contribution in [2.24, 2.45) is 0 Å². The molecule has 0 spiro atoms. The average Bonchev–Trinajstić information content (AvgIpc) is 3.18. The van der Waals surface area contributed by atoms with Crippen LogP contribution in [0.25, 0.3) is 11.0 Å². The second-order valence-electron chi connectivity index (χ2n) is 9.01. The van der Waals surface area contributed by atoms with Crippen LogP contribution in [-0.2, 0) is 6.54 Å². The van der Waals surface area contributed by atoms with Gasteiger partial charge in [0.15, 0.2) is 0 Å². The maximum absolute atomic E-state index is 12.9. The minimum absolute atomic E-state index is 0.164. The number of carbonyl (C=O) groups is 2. The molecule has 0 aliphatic heterocycles. The number of nitrogens with one attached hydrogen (secondary N) is 2. The van der Waals surface area contributed by atoms with E-state index in [1.807, 2.05) is 24.3 Å². The number of rotatable bonds is 6. The van der Waals surface area contributed by atoms with Crippen LogP contribution in [0.4, 0.5) is 22.1 Å². The lowest BCUT2D eigenvalue weighted by molar-refractivity contribution is 0.0632. The number of anilines is 3. The number of hydrogen-bond donors (Lipinski definition) is 3. The molecule has 0 bridgehead atoms. The van der Waals surface area contributed by atoms with Crippen molar-refractivity contribution in [1.29, 1.82) is 5.26 Å². The van der Waals surface area contributed by atoms with Crippen molar-refractivity contribution in [3.63, 3.8) is 0 Å². The van der Waals surface area contributed by atoms with Gasteiger partial charge in [-0.15, -0.1) is 0 Å². The van der Waals surface area contributed by atoms with E-state index in [-0.39, 0.29) is 18.4 Å². The average molecular weight is 483 g/mol. The molecule has 4 rings (SSSR count). The summed E-state index contributed by atoms with van der Waals surface area (Å²) in [5.41, 5.74) is 2.22. The van der Waals surface area contributed by atoms with Crippen LogP contribution in [0.2, 0.25) is 0 Å². The summed E-state index contributed by atoms with van der Waals surface area (Å²) in [4.78, 5) is 31.7. The molecule has 0 fully saturated rings. The molecule has 3 N–H and O–H groups in total. The number of benzene rings is 3. The van der Waals surface area contributed by atoms with Crippen LogP contribution in [-0.4, -0.2) is 39.2 Å². The number of aromatic nitrogens is 2. The predicted octanol–water partition coefficient (Wildman–Crippen LogP) is 4.60. The molecule has 182 valence electrons. The molecule has 4 aromatic rings. The van der Waals surface area contributed by atoms with E-state index in [0.717, 1.165) is 0 Å². The molecule has 0 unspecified atom stereocenters. The van der Waals surface area contributed by atoms with Gasteiger partial charge in [0.1, 0.15) is 0 Å². The van der Waals surface area contributed by atoms with Crippen molar-refractivity contribution in [3.8, 4) is 6.07 Å². The zero-order valence-corrected chi connectivity index (χ0v) is 20.2. The van der Waals surface area contributed by atoms with Crippen LogP contribution >= 0.6 is 0 Å². The van der Waals surface area contributed by atoms with E-state index in [1.54, 1.807) is 80.1 Å². The van der Waals surface area contributed by atoms with Crippen molar-refractivity contribution in [2.45, 2.75) is 26.0 Å². The lowest BCUT2D eigenvalue weighted by Gasteiger charge is -2.21. The number of nitriles is 1. The molecule has 0 saturated carbocycles. The van der Waals surface area contributed by atoms with Gasteiger partial charge in [0.25, 0.3) is 5.91 Å². The summed E-state index contributed by atoms with van der Waals surface area (Å²) in [6.45, 7) is 3.49. The number of nitrogens with zero attached hydrogens (tertiary/aromatic N) is 4. The van der Waals surface area contributed by atoms with Gasteiger partial charge in [-0.1, -0.05) is 24.3 Å². The van der Waals surface area contributed by atoms with Crippen molar-refractivity contribution in [1.82, 2.24) is 9.55 Å². The standard InChI is InChI=1S/C27H26N6O3/c1-27(2,36)17-33-23-13-12-21(32(3)24(34)19-9-5-4-6-10-19)15-22(23)30-25(33)31-26(35)29-20-11-7-8-18(14-20)16-28/h4-15,36H,17H2,1-3H3,(H2,29,30,31,35). The van der Waals surface area contributed by atoms with Gasteiger partial charge in [0.2, 0.25) is 5.95 Å². The highest BCUT2D eigenvalue weighted by atomic mass is 16.3. The molecule has 3 amide bonds. The molecule has 1 heterocycles. The number of hydrogen-bond acceptors (Lipinski definition) is 5. The lowest BCUT2D eigenvalue weighted by atomic mass is 10.1. The Bertz CT molecular complexity index is 1460. The molecule has 9 nitrogen and oxygen atoms in total. The van der Waals surface area contributed by atoms with Gasteiger partial charge in [0.05, 0.1) is 34.8 Å². The third-order valence-electron chi connectivity index (χ3n) is 5.46. The summed E-state index contributed by atoms with van der Waals surface area (Å²) >= 11 is 0. The van der Waals surface area contributed by atoms with Crippen molar-refractivity contribution < 1.29 is 14.7 Å². The SMILES string of the molecule is CN(C(=O)c1ccccc1)c1ccc2c(c1)nc(NC(=O)Nc1cccc(C#N)c1)n2CC(C)(C)O. The summed E-state index contributed by atoms with van der Waals surface area (Å²) in [7, 11) is 1.69. The highest BCUT2D eigenvalue weighted by Crippen LogP contribution is 2.27. The fourth-order valence-electron chi connectivity index (χ4n) is 3.79. The molecular weight excluding hydrogens is 456 g/mol. The van der Waals surface area contributed by atoms with Crippen molar-refractivity contribution in [2.75, 3.05) is 22.6 Å². The summed E-state index contributed by atoms with van der Waals surface area (Å²) in [5.74, 6) is 0.0680. The van der Waals surface area contributed by atoms with Crippen LogP contribution in [0.5, 0.6) is 0 Å². The van der Waals surface area contributed by atoms with Gasteiger partial charge >= 0.3 is 6.03 Å². The molecule has 0 radical (unpaired) electrons. The summed E-state index contributed by atoms with van der Waals surface area (Å²) in [5, 5.41) is 25.0. The van der Waals surface area contributed by atoms with Gasteiger partial charge in [0, 0.05) is 24.0 Å². The highest BCUT2D eigenvalue weighted by molar-refractivity contribution is 6.06. The molecule has 0 aliphatic carbocycles. The first-order chi connectivity index (χ1) is 17.1. The van der Waals surface area contributed by atoms with Crippen LogP contribution in [0.1, 0.15) is 29.8 Å². The highest BCUT2D eigenvalue weighted by Gasteiger charge is 2.22. The fourth-order valence-corrected chi connectivity index (χ4v) is 3.79. The number of imidazole rings is 1. The number of aliphatic hydroxyl groups is 1. The van der Waals surface area contributed by atoms with E-state index >= 15 is 0 Å². The monoisotopic (exact) mass is 482 g/mol. The van der Waals surface area contributed by atoms with Crippen molar-refractivity contribution in [3.05, 3.63) is 83.9 Å². The Kier molecular flexibility index (Phi) is 6.72. The molecule has 0 atom stereocenters. The van der Waals surface area contributed by atoms with Crippen molar-refractivity contribution >= 4 is 40.3 Å². The smallest absolute Gasteiger partial charge is 0.326 e. The molecular formula is C27H26N6O3. The second kappa shape index (κ2) is 9.90. The Morgan fingerprint density at radius 3 is 2.50 bits per heavy atom. The Labute approximate surface area is 208 Å². The van der Waals surface area contributed by atoms with E-state index in [0.29, 0.717) is 33.5 Å². The fraction of sp³-hybridized carbons (Fsp3) is 0.185. The predicted molar refractivity (Wildman–Crippen MR) is 139 cm³/mol. The zero-order chi connectivity index (χ0) is 25.9. The molecule has 3 aromatic carbocycles. The molecule has 36 heavy (non-hydrogen) atoms. The van der Waals surface area contributed by atoms with Crippen LogP contribution in [0.15, 0.2) is 72.8 Å². The quantitative estimate of drug-likeness (QED) is 0.371. The van der Waals surface area contributed by atoms with Crippen LogP contribution < -0.4 is 15.5 Å². The maximum atomic E-state index is 12.9. The third kappa shape index (κ3) is 5.51. The number of fused-ring (bicyclic) bond motifs is 1. The molecule has 1 aromatic heterocycles. The van der Waals surface area contributed by atoms with Gasteiger partial charge in [-0.3, -0.25) is 10.1 Å². The van der Waals surface area contributed by atoms with Gasteiger partial charge in [-0.2, -0.15) is 5.26 Å². The first-order valence-electron chi connectivity index (χ1n) is 11.3. The largest absolute Gasteiger partial charge is 0.389 e. The number of carbonyl (C=O) groups excluding carboxylic acids is 2. The maximum Gasteiger partial charge on any atom is 0.326 e. The van der Waals surface area contributed by atoms with E-state index in [2.05, 4.69) is 15.6 Å². The minimum atomic E-state index is -1.08. The lowest BCUT2D eigenvalue weighted by Crippen LogP contribution is -2.28. The summed E-state index contributed by atoms with van der Waals surface area (Å²) in [6.07, 6.45) is 0. The van der Waals surface area contributed by atoms with E-state index < -0.39 is 11.6 Å². The summed E-state index contributed by atoms with van der Waals surface area (Å²) < 4.78 is 1.71. The molecule has 9 heteroatoms. The number of amides is 3. The Balaban J connectivity index is 1.64. The first-order valence-corrected chi connectivity index (χ1v) is 11.3. The normalized spacial score (nSPS) is 11.1. The first kappa shape index (κ1) is 24.4. The minimum Gasteiger partial charge on any atom is -0.389 e. The van der Waals surface area contributed by atoms with Gasteiger partial charge in [-0.05, 0) is 62.4 Å². The Morgan fingerprint density at radius 2 is 1.81 bits per heavy atom. The number of urea groups is 1. The molecule has 0 saturated heterocycles. The van der Waals surface area contributed by atoms with E-state index in [9.17, 15) is 14.7 Å². The topological polar surface area (TPSA) is 123 Å². The van der Waals surface area contributed by atoms with Crippen LogP contribution in [0.3, 0.4) is 0 Å².